The Hall–Kier alpha value is -4.43. The number of carbonyl (C=O) groups excluding carboxylic acids is 1. The first-order chi connectivity index (χ1) is 24.1. The number of urea groups is 1. The van der Waals surface area contributed by atoms with E-state index in [1.165, 1.54) is 29.5 Å². The summed E-state index contributed by atoms with van der Waals surface area (Å²) < 4.78 is 58.8. The molecule has 2 aromatic carbocycles. The quantitative estimate of drug-likeness (QED) is 0.181. The molecule has 3 fully saturated rings. The predicted molar refractivity (Wildman–Crippen MR) is 185 cm³/mol. The van der Waals surface area contributed by atoms with E-state index in [1.807, 2.05) is 6.07 Å². The molecule has 3 aliphatic rings. The second kappa shape index (κ2) is 12.7. The number of rotatable bonds is 7. The third kappa shape index (κ3) is 5.62. The van der Waals surface area contributed by atoms with Crippen molar-refractivity contribution in [1.82, 2.24) is 24.8 Å². The van der Waals surface area contributed by atoms with Crippen LogP contribution in [0.5, 0.6) is 11.9 Å². The van der Waals surface area contributed by atoms with Gasteiger partial charge in [0, 0.05) is 48.5 Å². The van der Waals surface area contributed by atoms with Gasteiger partial charge in [-0.1, -0.05) is 17.7 Å². The Bertz CT molecular complexity index is 2200. The molecule has 3 aromatic heterocycles. The highest BCUT2D eigenvalue weighted by Gasteiger charge is 2.49. The van der Waals surface area contributed by atoms with Crippen LogP contribution in [0.15, 0.2) is 29.8 Å². The van der Waals surface area contributed by atoms with Crippen molar-refractivity contribution in [3.05, 3.63) is 52.0 Å². The Labute approximate surface area is 296 Å². The van der Waals surface area contributed by atoms with Gasteiger partial charge in [0.05, 0.1) is 32.8 Å². The van der Waals surface area contributed by atoms with Crippen LogP contribution in [0.3, 0.4) is 0 Å². The van der Waals surface area contributed by atoms with Crippen molar-refractivity contribution in [2.75, 3.05) is 43.8 Å². The fourth-order valence-corrected chi connectivity index (χ4v) is 9.09. The van der Waals surface area contributed by atoms with E-state index >= 15 is 4.39 Å². The summed E-state index contributed by atoms with van der Waals surface area (Å²) in [5, 5.41) is 15.1. The van der Waals surface area contributed by atoms with Crippen LogP contribution in [-0.2, 0) is 0 Å². The summed E-state index contributed by atoms with van der Waals surface area (Å²) >= 11 is 8.96. The largest absolute Gasteiger partial charge is 0.472 e. The summed E-state index contributed by atoms with van der Waals surface area (Å²) in [4.78, 5) is 29.6. The number of halogens is 4. The number of fused-ring (bicyclic) bond motifs is 3. The molecular formula is C33H28ClF3N8O3S2. The number of nitrogen functional groups attached to an aromatic ring is 1. The van der Waals surface area contributed by atoms with Crippen molar-refractivity contribution in [2.45, 2.75) is 43.5 Å². The van der Waals surface area contributed by atoms with Gasteiger partial charge in [-0.2, -0.15) is 15.2 Å². The minimum Gasteiger partial charge on any atom is -0.472 e. The van der Waals surface area contributed by atoms with E-state index < -0.39 is 29.4 Å². The Balaban J connectivity index is 1.19. The Morgan fingerprint density at radius 3 is 2.92 bits per heavy atom. The molecule has 0 radical (unpaired) electrons. The van der Waals surface area contributed by atoms with Crippen LogP contribution in [0.1, 0.15) is 31.2 Å². The number of thiophene rings is 1. The first-order valence-corrected chi connectivity index (χ1v) is 18.0. The summed E-state index contributed by atoms with van der Waals surface area (Å²) in [5.41, 5.74) is 5.40. The number of hydrogen-bond donors (Lipinski definition) is 2. The van der Waals surface area contributed by atoms with Crippen molar-refractivity contribution in [2.24, 2.45) is 0 Å². The normalized spacial score (nSPS) is 21.9. The van der Waals surface area contributed by atoms with Crippen molar-refractivity contribution < 1.29 is 27.4 Å². The maximum Gasteiger partial charge on any atom is 0.323 e. The van der Waals surface area contributed by atoms with Crippen LogP contribution in [0.2, 0.25) is 5.02 Å². The molecule has 258 valence electrons. The summed E-state index contributed by atoms with van der Waals surface area (Å²) in [5.74, 6) is -1.49. The Morgan fingerprint density at radius 1 is 1.26 bits per heavy atom. The summed E-state index contributed by atoms with van der Waals surface area (Å²) in [6.45, 7) is 1.78. The van der Waals surface area contributed by atoms with Crippen molar-refractivity contribution in [3.8, 4) is 29.1 Å². The zero-order chi connectivity index (χ0) is 34.7. The van der Waals surface area contributed by atoms with Crippen molar-refractivity contribution in [1.29, 1.82) is 5.26 Å². The lowest BCUT2D eigenvalue weighted by Gasteiger charge is -2.30. The van der Waals surface area contributed by atoms with Gasteiger partial charge in [-0.25, -0.2) is 22.9 Å². The van der Waals surface area contributed by atoms with E-state index in [1.54, 1.807) is 16.5 Å². The highest BCUT2D eigenvalue weighted by Crippen LogP contribution is 2.46. The maximum atomic E-state index is 16.9. The fraction of sp³-hybridized carbons (Fsp3) is 0.364. The van der Waals surface area contributed by atoms with Crippen LogP contribution in [0.25, 0.3) is 32.1 Å². The minimum absolute atomic E-state index is 0.0122. The van der Waals surface area contributed by atoms with Gasteiger partial charge in [-0.15, -0.1) is 22.7 Å². The van der Waals surface area contributed by atoms with Crippen molar-refractivity contribution >= 4 is 71.4 Å². The number of alkyl halides is 1. The molecule has 0 saturated carbocycles. The predicted octanol–water partition coefficient (Wildman–Crippen LogP) is 6.99. The molecule has 0 spiro atoms. The molecule has 17 heteroatoms. The molecule has 0 aliphatic carbocycles. The van der Waals surface area contributed by atoms with Crippen LogP contribution in [0, 0.1) is 23.0 Å². The summed E-state index contributed by atoms with van der Waals surface area (Å²) in [6, 6.07) is 5.46. The third-order valence-corrected chi connectivity index (χ3v) is 11.6. The number of nitrogens with zero attached hydrogens (tertiary/aromatic N) is 6. The number of nitrogens with one attached hydrogen (secondary N) is 1. The summed E-state index contributed by atoms with van der Waals surface area (Å²) in [6.07, 6.45) is 2.51. The second-order valence-corrected chi connectivity index (χ2v) is 15.0. The number of benzene rings is 2. The monoisotopic (exact) mass is 740 g/mol. The Morgan fingerprint density at radius 2 is 2.12 bits per heavy atom. The molecule has 3 N–H and O–H groups in total. The lowest BCUT2D eigenvalue weighted by molar-refractivity contribution is 0.106. The molecule has 2 amide bonds. The number of carbonyl (C=O) groups is 1. The average Bonchev–Trinajstić information content (AvgIpc) is 3.92. The number of nitriles is 1. The van der Waals surface area contributed by atoms with Crippen LogP contribution in [-0.4, -0.2) is 81.4 Å². The standard InChI is InChI=1S/C33H28ClF3N8O3S2/c34-21-10-19-26(25(37)24(21)18-2-3-22(36)27-23(18)20(12-38)28(39)50-27)41-30(47-15-33-5-1-7-45(33)13-16(35)11-33)42-29(19)48-17-4-8-44(14-17)32(46)43-31-40-6-9-49-31/h2-3,6,9-10,16-17H,1,4-5,7-8,11,13-15,39H2,(H,40,43,46)/t16-,17?,33+/m1/s1. The highest BCUT2D eigenvalue weighted by molar-refractivity contribution is 7.23. The van der Waals surface area contributed by atoms with Crippen LogP contribution < -0.4 is 20.5 Å². The van der Waals surface area contributed by atoms with Gasteiger partial charge in [0.25, 0.3) is 0 Å². The third-order valence-electron chi connectivity index (χ3n) is 9.61. The average molecular weight is 741 g/mol. The van der Waals surface area contributed by atoms with E-state index in [4.69, 9.17) is 26.8 Å². The molecule has 3 atom stereocenters. The molecule has 0 bridgehead atoms. The molecule has 50 heavy (non-hydrogen) atoms. The number of nitrogens with two attached hydrogens (primary N) is 1. The van der Waals surface area contributed by atoms with E-state index in [0.29, 0.717) is 31.1 Å². The topological polar surface area (TPSA) is 143 Å². The van der Waals surface area contributed by atoms with E-state index in [-0.39, 0.29) is 78.8 Å². The number of hydrogen-bond acceptors (Lipinski definition) is 11. The number of thiazole rings is 1. The zero-order valence-electron chi connectivity index (χ0n) is 26.2. The number of aromatic nitrogens is 3. The summed E-state index contributed by atoms with van der Waals surface area (Å²) in [7, 11) is 0. The van der Waals surface area contributed by atoms with Gasteiger partial charge in [0.15, 0.2) is 10.9 Å². The van der Waals surface area contributed by atoms with Crippen LogP contribution >= 0.6 is 34.3 Å². The first-order valence-electron chi connectivity index (χ1n) is 15.9. The number of likely N-dealkylation sites (tertiary alicyclic amines) is 1. The molecule has 1 unspecified atom stereocenters. The van der Waals surface area contributed by atoms with E-state index in [0.717, 1.165) is 30.7 Å². The van der Waals surface area contributed by atoms with Gasteiger partial charge in [0.2, 0.25) is 5.88 Å². The van der Waals surface area contributed by atoms with Gasteiger partial charge in [-0.05, 0) is 37.1 Å². The highest BCUT2D eigenvalue weighted by atomic mass is 35.5. The van der Waals surface area contributed by atoms with Gasteiger partial charge in [0.1, 0.15) is 41.3 Å². The number of ether oxygens (including phenoxy) is 2. The molecule has 3 saturated heterocycles. The Kier molecular flexibility index (Phi) is 8.33. The SMILES string of the molecule is N#Cc1c(N)sc2c(F)ccc(-c3c(Cl)cc4c(OC5CCN(C(=O)Nc6nccs6)C5)nc(OC[C@@]56CCCN5C[C@H](F)C6)nc4c3F)c12. The van der Waals surface area contributed by atoms with Gasteiger partial charge in [-0.3, -0.25) is 10.2 Å². The molecule has 3 aliphatic heterocycles. The molecular weight excluding hydrogens is 713 g/mol. The smallest absolute Gasteiger partial charge is 0.323 e. The maximum absolute atomic E-state index is 16.9. The van der Waals surface area contributed by atoms with Gasteiger partial charge < -0.3 is 20.1 Å². The lowest BCUT2D eigenvalue weighted by atomic mass is 9.95. The zero-order valence-corrected chi connectivity index (χ0v) is 28.6. The van der Waals surface area contributed by atoms with Gasteiger partial charge >= 0.3 is 12.0 Å². The van der Waals surface area contributed by atoms with Crippen LogP contribution in [0.4, 0.5) is 28.1 Å². The second-order valence-electron chi connectivity index (χ2n) is 12.6. The van der Waals surface area contributed by atoms with Crippen molar-refractivity contribution in [3.63, 3.8) is 0 Å². The first kappa shape index (κ1) is 32.8. The van der Waals surface area contributed by atoms with E-state index in [9.17, 15) is 18.8 Å². The number of anilines is 2. The lowest BCUT2D eigenvalue weighted by Crippen LogP contribution is -2.43. The fourth-order valence-electron chi connectivity index (χ4n) is 7.33. The molecule has 8 rings (SSSR count). The minimum atomic E-state index is -0.979. The molecule has 6 heterocycles. The number of amides is 2. The van der Waals surface area contributed by atoms with E-state index in [2.05, 4.69) is 25.2 Å². The molecule has 11 nitrogen and oxygen atoms in total. The molecule has 5 aromatic rings.